The van der Waals surface area contributed by atoms with Crippen molar-refractivity contribution in [2.24, 2.45) is 5.92 Å². The molecular formula is C30H34N2O8. The fourth-order valence-corrected chi connectivity index (χ4v) is 4.47. The highest BCUT2D eigenvalue weighted by Crippen LogP contribution is 2.28. The lowest BCUT2D eigenvalue weighted by molar-refractivity contribution is -0.160. The molecule has 0 spiro atoms. The molecule has 0 saturated carbocycles. The van der Waals surface area contributed by atoms with Gasteiger partial charge < -0.3 is 34.1 Å². The number of amides is 1. The summed E-state index contributed by atoms with van der Waals surface area (Å²) >= 11 is 0. The van der Waals surface area contributed by atoms with Crippen molar-refractivity contribution >= 4 is 11.9 Å². The lowest BCUT2D eigenvalue weighted by Gasteiger charge is -2.30. The topological polar surface area (TPSA) is 125 Å². The van der Waals surface area contributed by atoms with Crippen molar-refractivity contribution in [3.05, 3.63) is 89.7 Å². The number of aromatic nitrogens is 1. The second-order valence-electron chi connectivity index (χ2n) is 9.43. The Bertz CT molecular complexity index is 1240. The third-order valence-corrected chi connectivity index (χ3v) is 6.65. The first kappa shape index (κ1) is 29.0. The minimum atomic E-state index is -1.13. The van der Waals surface area contributed by atoms with Gasteiger partial charge in [-0.25, -0.2) is 9.78 Å². The molecular weight excluding hydrogens is 516 g/mol. The molecule has 4 atom stereocenters. The Balaban J connectivity index is 1.46. The van der Waals surface area contributed by atoms with Crippen LogP contribution in [-0.4, -0.2) is 67.3 Å². The molecule has 1 aliphatic heterocycles. The van der Waals surface area contributed by atoms with Gasteiger partial charge in [0, 0.05) is 18.2 Å². The molecule has 2 heterocycles. The Hall–Kier alpha value is -3.99. The monoisotopic (exact) mass is 550 g/mol. The molecule has 0 radical (unpaired) electrons. The minimum absolute atomic E-state index is 0.0236. The van der Waals surface area contributed by atoms with Gasteiger partial charge in [-0.15, -0.1) is 0 Å². The second-order valence-corrected chi connectivity index (χ2v) is 9.43. The molecule has 10 nitrogen and oxygen atoms in total. The van der Waals surface area contributed by atoms with Gasteiger partial charge in [0.2, 0.25) is 0 Å². The summed E-state index contributed by atoms with van der Waals surface area (Å²) in [5.74, 6) is -2.04. The van der Waals surface area contributed by atoms with Crippen molar-refractivity contribution in [2.75, 3.05) is 27.1 Å². The van der Waals surface area contributed by atoms with Gasteiger partial charge in [0.15, 0.2) is 23.2 Å². The molecule has 1 aliphatic rings. The molecule has 0 bridgehead atoms. The molecule has 1 amide bonds. The molecule has 0 aliphatic carbocycles. The summed E-state index contributed by atoms with van der Waals surface area (Å²) in [6.07, 6.45) is 0.859. The summed E-state index contributed by atoms with van der Waals surface area (Å²) in [6, 6.07) is 19.9. The summed E-state index contributed by atoms with van der Waals surface area (Å²) in [6.45, 7) is 2.19. The highest BCUT2D eigenvalue weighted by molar-refractivity contribution is 5.98. The van der Waals surface area contributed by atoms with Gasteiger partial charge in [-0.1, -0.05) is 60.7 Å². The Labute approximate surface area is 233 Å². The molecule has 212 valence electrons. The second kappa shape index (κ2) is 14.4. The number of nitrogens with zero attached hydrogens (tertiary/aromatic N) is 1. The zero-order valence-electron chi connectivity index (χ0n) is 22.5. The van der Waals surface area contributed by atoms with Crippen LogP contribution in [0.25, 0.3) is 0 Å². The fourth-order valence-electron chi connectivity index (χ4n) is 4.47. The number of hydrogen-bond donors (Lipinski definition) is 2. The Morgan fingerprint density at radius 2 is 1.75 bits per heavy atom. The van der Waals surface area contributed by atoms with Crippen LogP contribution < -0.4 is 10.1 Å². The normalized spacial score (nSPS) is 21.4. The van der Waals surface area contributed by atoms with Crippen LogP contribution in [0.5, 0.6) is 11.5 Å². The molecule has 10 heteroatoms. The van der Waals surface area contributed by atoms with E-state index < -0.39 is 35.9 Å². The lowest BCUT2D eigenvalue weighted by Crippen LogP contribution is -2.46. The maximum absolute atomic E-state index is 13.1. The number of ether oxygens (including phenoxy) is 5. The third-order valence-electron chi connectivity index (χ3n) is 6.65. The number of hydrogen-bond acceptors (Lipinski definition) is 9. The van der Waals surface area contributed by atoms with Crippen LogP contribution in [0.1, 0.15) is 28.5 Å². The molecule has 0 unspecified atom stereocenters. The number of methoxy groups -OCH3 is 1. The van der Waals surface area contributed by atoms with E-state index in [1.165, 1.54) is 19.4 Å². The summed E-state index contributed by atoms with van der Waals surface area (Å²) in [7, 11) is 1.36. The number of esters is 1. The molecule has 40 heavy (non-hydrogen) atoms. The Morgan fingerprint density at radius 1 is 1.05 bits per heavy atom. The zero-order chi connectivity index (χ0) is 28.3. The van der Waals surface area contributed by atoms with Crippen LogP contribution in [0.2, 0.25) is 0 Å². The predicted molar refractivity (Wildman–Crippen MR) is 145 cm³/mol. The summed E-state index contributed by atoms with van der Waals surface area (Å²) in [5, 5.41) is 12.9. The van der Waals surface area contributed by atoms with Gasteiger partial charge in [0.1, 0.15) is 12.9 Å². The predicted octanol–water partition coefficient (Wildman–Crippen LogP) is 3.27. The van der Waals surface area contributed by atoms with Gasteiger partial charge >= 0.3 is 5.97 Å². The number of nitrogens with one attached hydrogen (secondary N) is 1. The molecule has 1 fully saturated rings. The average Bonchev–Trinajstić information content (AvgIpc) is 3.02. The standard InChI is InChI=1S/C30H34N2O8/c1-20-23(15-21-9-5-3-6-10-21)26(39-19-38-16-22-11-7-4-8-12-22)18-37-17-24(30(35)40-20)32-29(34)27-28(33)25(36-2)13-14-31-27/h3-14,20,23-24,26,33H,15-19H2,1-2H3,(H,32,34)/t20-,23-,24-,26-/m0/s1. The fraction of sp³-hybridized carbons (Fsp3) is 0.367. The summed E-state index contributed by atoms with van der Waals surface area (Å²) in [5.41, 5.74) is 1.80. The van der Waals surface area contributed by atoms with Crippen molar-refractivity contribution in [2.45, 2.75) is 38.2 Å². The largest absolute Gasteiger partial charge is 0.503 e. The van der Waals surface area contributed by atoms with Gasteiger partial charge in [0.25, 0.3) is 5.91 Å². The number of aromatic hydroxyl groups is 1. The van der Waals surface area contributed by atoms with Gasteiger partial charge in [-0.05, 0) is 24.5 Å². The highest BCUT2D eigenvalue weighted by atomic mass is 16.7. The number of rotatable bonds is 10. The van der Waals surface area contributed by atoms with E-state index in [0.29, 0.717) is 13.0 Å². The van der Waals surface area contributed by atoms with E-state index in [2.05, 4.69) is 10.3 Å². The first-order valence-electron chi connectivity index (χ1n) is 13.0. The first-order valence-corrected chi connectivity index (χ1v) is 13.0. The van der Waals surface area contributed by atoms with E-state index in [0.717, 1.165) is 11.1 Å². The first-order chi connectivity index (χ1) is 19.5. The van der Waals surface area contributed by atoms with Gasteiger partial charge in [-0.3, -0.25) is 4.79 Å². The van der Waals surface area contributed by atoms with Crippen molar-refractivity contribution in [3.8, 4) is 11.5 Å². The number of cyclic esters (lactones) is 1. The van der Waals surface area contributed by atoms with Crippen molar-refractivity contribution in [1.82, 2.24) is 10.3 Å². The van der Waals surface area contributed by atoms with E-state index in [-0.39, 0.29) is 37.4 Å². The molecule has 3 aromatic rings. The van der Waals surface area contributed by atoms with Gasteiger partial charge in [-0.2, -0.15) is 0 Å². The van der Waals surface area contributed by atoms with Crippen molar-refractivity contribution in [1.29, 1.82) is 0 Å². The zero-order valence-corrected chi connectivity index (χ0v) is 22.5. The molecule has 2 aromatic carbocycles. The summed E-state index contributed by atoms with van der Waals surface area (Å²) < 4.78 is 28.6. The van der Waals surface area contributed by atoms with E-state index >= 15 is 0 Å². The maximum atomic E-state index is 13.1. The van der Waals surface area contributed by atoms with E-state index in [4.69, 9.17) is 23.7 Å². The van der Waals surface area contributed by atoms with Crippen LogP contribution >= 0.6 is 0 Å². The Morgan fingerprint density at radius 3 is 2.45 bits per heavy atom. The molecule has 1 saturated heterocycles. The smallest absolute Gasteiger partial charge is 0.331 e. The van der Waals surface area contributed by atoms with Crippen molar-refractivity contribution in [3.63, 3.8) is 0 Å². The molecule has 1 aromatic heterocycles. The quantitative estimate of drug-likeness (QED) is 0.222. The van der Waals surface area contributed by atoms with Crippen LogP contribution in [0, 0.1) is 5.92 Å². The lowest BCUT2D eigenvalue weighted by atomic mass is 9.89. The number of carbonyl (C=O) groups is 2. The number of carbonyl (C=O) groups excluding carboxylic acids is 2. The Kier molecular flexibility index (Phi) is 10.4. The number of pyridine rings is 1. The van der Waals surface area contributed by atoms with Crippen LogP contribution in [0.15, 0.2) is 72.9 Å². The maximum Gasteiger partial charge on any atom is 0.331 e. The van der Waals surface area contributed by atoms with Crippen molar-refractivity contribution < 1.29 is 38.4 Å². The van der Waals surface area contributed by atoms with Gasteiger partial charge in [0.05, 0.1) is 33.0 Å². The molecule has 4 rings (SSSR count). The van der Waals surface area contributed by atoms with E-state index in [9.17, 15) is 14.7 Å². The minimum Gasteiger partial charge on any atom is -0.503 e. The highest BCUT2D eigenvalue weighted by Gasteiger charge is 2.36. The van der Waals surface area contributed by atoms with Crippen LogP contribution in [0.4, 0.5) is 0 Å². The SMILES string of the molecule is COc1ccnc(C(=O)N[C@H]2COC[C@H](OCOCc3ccccc3)[C@@H](Cc3ccccc3)[C@H](C)OC2=O)c1O. The third kappa shape index (κ3) is 7.78. The van der Waals surface area contributed by atoms with Crippen LogP contribution in [-0.2, 0) is 36.8 Å². The summed E-state index contributed by atoms with van der Waals surface area (Å²) in [4.78, 5) is 29.9. The number of benzene rings is 2. The average molecular weight is 551 g/mol. The van der Waals surface area contributed by atoms with Crippen LogP contribution in [0.3, 0.4) is 0 Å². The van der Waals surface area contributed by atoms with E-state index in [1.54, 1.807) is 6.92 Å². The van der Waals surface area contributed by atoms with E-state index in [1.807, 2.05) is 60.7 Å². The molecule has 2 N–H and O–H groups in total.